The van der Waals surface area contributed by atoms with Gasteiger partial charge in [-0.3, -0.25) is 0 Å². The Bertz CT molecular complexity index is 400. The molecule has 0 radical (unpaired) electrons. The molecule has 0 spiro atoms. The Kier molecular flexibility index (Phi) is 3.52. The van der Waals surface area contributed by atoms with Gasteiger partial charge in [0.1, 0.15) is 11.8 Å². The van der Waals surface area contributed by atoms with E-state index in [1.807, 2.05) is 0 Å². The van der Waals surface area contributed by atoms with E-state index in [9.17, 15) is 13.2 Å². The summed E-state index contributed by atoms with van der Waals surface area (Å²) in [6.45, 7) is 0. The first-order chi connectivity index (χ1) is 6.96. The SMILES string of the molecule is N#Cc1cc(CBr)c(OC(F)(F)F)cn1. The van der Waals surface area contributed by atoms with Gasteiger partial charge >= 0.3 is 6.36 Å². The highest BCUT2D eigenvalue weighted by molar-refractivity contribution is 9.08. The van der Waals surface area contributed by atoms with Crippen molar-refractivity contribution in [1.29, 1.82) is 5.26 Å². The minimum atomic E-state index is -4.76. The zero-order valence-corrected chi connectivity index (χ0v) is 8.76. The van der Waals surface area contributed by atoms with E-state index in [0.717, 1.165) is 6.20 Å². The fourth-order valence-corrected chi connectivity index (χ4v) is 1.30. The van der Waals surface area contributed by atoms with E-state index in [0.29, 0.717) is 0 Å². The molecule has 1 rings (SSSR count). The largest absolute Gasteiger partial charge is 0.573 e. The van der Waals surface area contributed by atoms with Crippen LogP contribution in [0.3, 0.4) is 0 Å². The Balaban J connectivity index is 3.04. The maximum Gasteiger partial charge on any atom is 0.573 e. The second-order valence-corrected chi connectivity index (χ2v) is 3.03. The van der Waals surface area contributed by atoms with Crippen molar-refractivity contribution in [3.63, 3.8) is 0 Å². The van der Waals surface area contributed by atoms with Gasteiger partial charge in [0, 0.05) is 10.9 Å². The number of hydrogen-bond donors (Lipinski definition) is 0. The minimum absolute atomic E-state index is 0.0407. The second-order valence-electron chi connectivity index (χ2n) is 2.47. The average molecular weight is 281 g/mol. The summed E-state index contributed by atoms with van der Waals surface area (Å²) in [6, 6.07) is 2.95. The third-order valence-electron chi connectivity index (χ3n) is 1.43. The van der Waals surface area contributed by atoms with Crippen LogP contribution < -0.4 is 4.74 Å². The Labute approximate surface area is 91.6 Å². The van der Waals surface area contributed by atoms with Gasteiger partial charge in [0.15, 0.2) is 5.75 Å². The van der Waals surface area contributed by atoms with E-state index in [1.165, 1.54) is 6.07 Å². The van der Waals surface area contributed by atoms with E-state index < -0.39 is 12.1 Å². The molecule has 3 nitrogen and oxygen atoms in total. The number of ether oxygens (including phenoxy) is 1. The summed E-state index contributed by atoms with van der Waals surface area (Å²) in [6.07, 6.45) is -3.88. The van der Waals surface area contributed by atoms with Crippen LogP contribution in [0.4, 0.5) is 13.2 Å². The lowest BCUT2D eigenvalue weighted by atomic mass is 10.2. The molecule has 1 heterocycles. The van der Waals surface area contributed by atoms with Crippen molar-refractivity contribution in [2.75, 3.05) is 0 Å². The summed E-state index contributed by atoms with van der Waals surface area (Å²) in [7, 11) is 0. The van der Waals surface area contributed by atoms with Crippen LogP contribution in [0.25, 0.3) is 0 Å². The van der Waals surface area contributed by atoms with E-state index in [1.54, 1.807) is 6.07 Å². The monoisotopic (exact) mass is 280 g/mol. The summed E-state index contributed by atoms with van der Waals surface area (Å²) in [5.74, 6) is -0.404. The van der Waals surface area contributed by atoms with Crippen molar-refractivity contribution in [3.05, 3.63) is 23.5 Å². The molecule has 0 aliphatic carbocycles. The Morgan fingerprint density at radius 3 is 2.67 bits per heavy atom. The highest BCUT2D eigenvalue weighted by atomic mass is 79.9. The molecule has 0 bridgehead atoms. The van der Waals surface area contributed by atoms with Crippen molar-refractivity contribution in [1.82, 2.24) is 4.98 Å². The molecular formula is C8H4BrF3N2O. The topological polar surface area (TPSA) is 45.9 Å². The van der Waals surface area contributed by atoms with Gasteiger partial charge in [-0.05, 0) is 6.07 Å². The predicted octanol–water partition coefficient (Wildman–Crippen LogP) is 2.75. The van der Waals surface area contributed by atoms with Crippen LogP contribution in [-0.2, 0) is 5.33 Å². The van der Waals surface area contributed by atoms with Crippen LogP contribution in [0.2, 0.25) is 0 Å². The zero-order valence-electron chi connectivity index (χ0n) is 7.18. The maximum absolute atomic E-state index is 11.9. The lowest BCUT2D eigenvalue weighted by Gasteiger charge is -2.11. The third kappa shape index (κ3) is 3.40. The molecule has 0 saturated heterocycles. The molecule has 0 atom stereocenters. The molecule has 0 aliphatic rings. The number of hydrogen-bond acceptors (Lipinski definition) is 3. The molecule has 0 N–H and O–H groups in total. The van der Waals surface area contributed by atoms with Gasteiger partial charge < -0.3 is 4.74 Å². The molecular weight excluding hydrogens is 277 g/mol. The summed E-state index contributed by atoms with van der Waals surface area (Å²) in [5.41, 5.74) is 0.262. The van der Waals surface area contributed by atoms with Crippen molar-refractivity contribution in [3.8, 4) is 11.8 Å². The van der Waals surface area contributed by atoms with Crippen molar-refractivity contribution in [2.45, 2.75) is 11.7 Å². The van der Waals surface area contributed by atoms with Gasteiger partial charge in [0.05, 0.1) is 6.20 Å². The van der Waals surface area contributed by atoms with Crippen LogP contribution in [0, 0.1) is 11.3 Å². The highest BCUT2D eigenvalue weighted by Gasteiger charge is 2.32. The number of halogens is 4. The predicted molar refractivity (Wildman–Crippen MR) is 48.3 cm³/mol. The first-order valence-corrected chi connectivity index (χ1v) is 4.79. The standard InChI is InChI=1S/C8H4BrF3N2O/c9-2-5-1-6(3-13)14-4-7(5)15-8(10,11)12/h1,4H,2H2. The van der Waals surface area contributed by atoms with Crippen molar-refractivity contribution >= 4 is 15.9 Å². The number of nitrogens with zero attached hydrogens (tertiary/aromatic N) is 2. The number of rotatable bonds is 2. The molecule has 1 aromatic rings. The van der Waals surface area contributed by atoms with Crippen LogP contribution in [0.5, 0.6) is 5.75 Å². The third-order valence-corrected chi connectivity index (χ3v) is 2.04. The molecule has 15 heavy (non-hydrogen) atoms. The molecule has 0 saturated carbocycles. The Morgan fingerprint density at radius 2 is 2.20 bits per heavy atom. The molecule has 0 aliphatic heterocycles. The second kappa shape index (κ2) is 4.49. The first-order valence-electron chi connectivity index (χ1n) is 3.67. The Hall–Kier alpha value is -1.29. The summed E-state index contributed by atoms with van der Waals surface area (Å²) in [4.78, 5) is 3.48. The van der Waals surface area contributed by atoms with Gasteiger partial charge in [0.2, 0.25) is 0 Å². The van der Waals surface area contributed by atoms with Gasteiger partial charge in [-0.2, -0.15) is 5.26 Å². The lowest BCUT2D eigenvalue weighted by Crippen LogP contribution is -2.18. The highest BCUT2D eigenvalue weighted by Crippen LogP contribution is 2.27. The number of pyridine rings is 1. The normalized spacial score (nSPS) is 10.9. The molecule has 0 fully saturated rings. The van der Waals surface area contributed by atoms with Gasteiger partial charge in [-0.1, -0.05) is 15.9 Å². The maximum atomic E-state index is 11.9. The number of aromatic nitrogens is 1. The van der Waals surface area contributed by atoms with E-state index >= 15 is 0 Å². The Morgan fingerprint density at radius 1 is 1.53 bits per heavy atom. The quantitative estimate of drug-likeness (QED) is 0.783. The van der Waals surface area contributed by atoms with Crippen LogP contribution >= 0.6 is 15.9 Å². The number of alkyl halides is 4. The summed E-state index contributed by atoms with van der Waals surface area (Å²) in [5, 5.41) is 8.64. The molecule has 80 valence electrons. The summed E-state index contributed by atoms with van der Waals surface area (Å²) >= 11 is 2.99. The van der Waals surface area contributed by atoms with Crippen molar-refractivity contribution < 1.29 is 17.9 Å². The fourth-order valence-electron chi connectivity index (χ4n) is 0.867. The fraction of sp³-hybridized carbons (Fsp3) is 0.250. The molecule has 0 unspecified atom stereocenters. The van der Waals surface area contributed by atoms with E-state index in [-0.39, 0.29) is 16.6 Å². The number of nitriles is 1. The van der Waals surface area contributed by atoms with Crippen LogP contribution in [0.15, 0.2) is 12.3 Å². The van der Waals surface area contributed by atoms with Gasteiger partial charge in [0.25, 0.3) is 0 Å². The van der Waals surface area contributed by atoms with Crippen molar-refractivity contribution in [2.24, 2.45) is 0 Å². The summed E-state index contributed by atoms with van der Waals surface area (Å²) < 4.78 is 39.5. The van der Waals surface area contributed by atoms with E-state index in [2.05, 4.69) is 25.7 Å². The molecule has 0 aromatic carbocycles. The first kappa shape index (κ1) is 11.8. The smallest absolute Gasteiger partial charge is 0.404 e. The molecule has 0 amide bonds. The zero-order chi connectivity index (χ0) is 11.5. The van der Waals surface area contributed by atoms with Gasteiger partial charge in [-0.25, -0.2) is 4.98 Å². The van der Waals surface area contributed by atoms with Crippen LogP contribution in [-0.4, -0.2) is 11.3 Å². The van der Waals surface area contributed by atoms with Gasteiger partial charge in [-0.15, -0.1) is 13.2 Å². The van der Waals surface area contributed by atoms with E-state index in [4.69, 9.17) is 5.26 Å². The molecule has 1 aromatic heterocycles. The average Bonchev–Trinajstić information content (AvgIpc) is 2.16. The lowest BCUT2D eigenvalue weighted by molar-refractivity contribution is -0.275. The molecule has 7 heteroatoms. The minimum Gasteiger partial charge on any atom is -0.404 e. The van der Waals surface area contributed by atoms with Crippen LogP contribution in [0.1, 0.15) is 11.3 Å².